The van der Waals surface area contributed by atoms with E-state index in [4.69, 9.17) is 4.74 Å². The van der Waals surface area contributed by atoms with Crippen LogP contribution in [0.2, 0.25) is 0 Å². The summed E-state index contributed by atoms with van der Waals surface area (Å²) >= 11 is 0. The van der Waals surface area contributed by atoms with E-state index in [9.17, 15) is 13.2 Å². The lowest BCUT2D eigenvalue weighted by atomic mass is 9.87. The maximum Gasteiger partial charge on any atom is 0.321 e. The first-order valence-electron chi connectivity index (χ1n) is 7.89. The average Bonchev–Trinajstić information content (AvgIpc) is 2.46. The van der Waals surface area contributed by atoms with Crippen molar-refractivity contribution in [1.29, 1.82) is 0 Å². The summed E-state index contributed by atoms with van der Waals surface area (Å²) in [7, 11) is -3.71. The second-order valence-electron chi connectivity index (χ2n) is 6.42. The molecule has 0 aliphatic rings. The topological polar surface area (TPSA) is 63.7 Å². The van der Waals surface area contributed by atoms with E-state index in [1.807, 2.05) is 19.1 Å². The van der Waals surface area contributed by atoms with Crippen LogP contribution in [0.3, 0.4) is 0 Å². The fourth-order valence-corrected chi connectivity index (χ4v) is 3.64. The first kappa shape index (κ1) is 19.6. The molecule has 0 aromatic heterocycles. The molecule has 0 unspecified atom stereocenters. The van der Waals surface area contributed by atoms with E-state index in [0.29, 0.717) is 6.42 Å². The van der Waals surface area contributed by atoms with Gasteiger partial charge in [-0.05, 0) is 36.5 Å². The molecule has 0 bridgehead atoms. The highest BCUT2D eigenvalue weighted by Crippen LogP contribution is 2.24. The summed E-state index contributed by atoms with van der Waals surface area (Å²) in [6.45, 7) is 10.0. The van der Waals surface area contributed by atoms with E-state index >= 15 is 0 Å². The molecule has 1 aromatic carbocycles. The fourth-order valence-electron chi connectivity index (χ4n) is 2.16. The molecule has 0 aliphatic heterocycles. The Hall–Kier alpha value is -1.40. The van der Waals surface area contributed by atoms with Gasteiger partial charge < -0.3 is 4.74 Å². The van der Waals surface area contributed by atoms with Gasteiger partial charge >= 0.3 is 5.97 Å². The Morgan fingerprint density at radius 1 is 1.13 bits per heavy atom. The van der Waals surface area contributed by atoms with Gasteiger partial charge in [-0.25, -0.2) is 8.42 Å². The van der Waals surface area contributed by atoms with Gasteiger partial charge in [0.25, 0.3) is 0 Å². The van der Waals surface area contributed by atoms with E-state index in [0.717, 1.165) is 5.56 Å². The van der Waals surface area contributed by atoms with E-state index in [-0.39, 0.29) is 30.0 Å². The number of benzene rings is 1. The first-order valence-corrected chi connectivity index (χ1v) is 9.33. The molecular formula is C17H27NO4S. The molecule has 0 aliphatic carbocycles. The minimum Gasteiger partial charge on any atom is -0.465 e. The largest absolute Gasteiger partial charge is 0.465 e. The van der Waals surface area contributed by atoms with Crippen molar-refractivity contribution in [2.45, 2.75) is 51.3 Å². The van der Waals surface area contributed by atoms with Gasteiger partial charge in [0.2, 0.25) is 10.0 Å². The molecule has 6 heteroatoms. The molecule has 1 rings (SSSR count). The zero-order valence-electron chi connectivity index (χ0n) is 14.6. The molecule has 23 heavy (non-hydrogen) atoms. The van der Waals surface area contributed by atoms with Crippen molar-refractivity contribution in [3.63, 3.8) is 0 Å². The predicted molar refractivity (Wildman–Crippen MR) is 90.8 cm³/mol. The molecule has 0 saturated carbocycles. The summed E-state index contributed by atoms with van der Waals surface area (Å²) in [6, 6.07) is 6.84. The van der Waals surface area contributed by atoms with Crippen molar-refractivity contribution in [3.05, 3.63) is 29.8 Å². The molecule has 1 aromatic rings. The maximum atomic E-state index is 12.7. The number of carbonyl (C=O) groups excluding carboxylic acids is 1. The number of sulfonamides is 1. The highest BCUT2D eigenvalue weighted by Gasteiger charge is 2.27. The van der Waals surface area contributed by atoms with Gasteiger partial charge in [-0.15, -0.1) is 0 Å². The molecular weight excluding hydrogens is 314 g/mol. The van der Waals surface area contributed by atoms with Crippen molar-refractivity contribution in [2.75, 3.05) is 19.7 Å². The zero-order valence-corrected chi connectivity index (χ0v) is 15.4. The summed E-state index contributed by atoms with van der Waals surface area (Å²) in [5.41, 5.74) is 1.01. The Morgan fingerprint density at radius 3 is 2.13 bits per heavy atom. The number of hydrogen-bond donors (Lipinski definition) is 0. The number of carbonyl (C=O) groups is 1. The predicted octanol–water partition coefficient (Wildman–Crippen LogP) is 2.95. The average molecular weight is 341 g/mol. The summed E-state index contributed by atoms with van der Waals surface area (Å²) in [4.78, 5) is 11.9. The SMILES string of the molecule is CCCN(CC(=O)OCC)S(=O)(=O)c1ccc(C(C)(C)C)cc1. The first-order chi connectivity index (χ1) is 10.6. The van der Waals surface area contributed by atoms with Crippen LogP contribution in [0.5, 0.6) is 0 Å². The maximum absolute atomic E-state index is 12.7. The van der Waals surface area contributed by atoms with Crippen LogP contribution < -0.4 is 0 Å². The zero-order chi connectivity index (χ0) is 17.7. The van der Waals surface area contributed by atoms with E-state index < -0.39 is 16.0 Å². The van der Waals surface area contributed by atoms with Gasteiger partial charge in [0.1, 0.15) is 6.54 Å². The van der Waals surface area contributed by atoms with Gasteiger partial charge in [-0.1, -0.05) is 39.8 Å². The second-order valence-corrected chi connectivity index (χ2v) is 8.36. The van der Waals surface area contributed by atoms with Crippen LogP contribution in [0.15, 0.2) is 29.2 Å². The number of rotatable bonds is 7. The molecule has 5 nitrogen and oxygen atoms in total. The summed E-state index contributed by atoms with van der Waals surface area (Å²) in [5.74, 6) is -0.532. The number of hydrogen-bond acceptors (Lipinski definition) is 4. The number of nitrogens with zero attached hydrogens (tertiary/aromatic N) is 1. The van der Waals surface area contributed by atoms with Crippen LogP contribution in [0.4, 0.5) is 0 Å². The number of ether oxygens (including phenoxy) is 1. The van der Waals surface area contributed by atoms with Gasteiger partial charge in [0, 0.05) is 6.54 Å². The van der Waals surface area contributed by atoms with Crippen LogP contribution in [-0.2, 0) is 25.0 Å². The van der Waals surface area contributed by atoms with Crippen molar-refractivity contribution in [2.24, 2.45) is 0 Å². The number of esters is 1. The highest BCUT2D eigenvalue weighted by atomic mass is 32.2. The monoisotopic (exact) mass is 341 g/mol. The summed E-state index contributed by atoms with van der Waals surface area (Å²) in [6.07, 6.45) is 0.624. The van der Waals surface area contributed by atoms with Crippen LogP contribution in [0, 0.1) is 0 Å². The lowest BCUT2D eigenvalue weighted by Crippen LogP contribution is -2.37. The highest BCUT2D eigenvalue weighted by molar-refractivity contribution is 7.89. The van der Waals surface area contributed by atoms with Crippen LogP contribution in [0.1, 0.15) is 46.6 Å². The van der Waals surface area contributed by atoms with Crippen LogP contribution >= 0.6 is 0 Å². The lowest BCUT2D eigenvalue weighted by molar-refractivity contribution is -0.143. The quantitative estimate of drug-likeness (QED) is 0.715. The minimum absolute atomic E-state index is 0.0453. The molecule has 0 fully saturated rings. The minimum atomic E-state index is -3.71. The van der Waals surface area contributed by atoms with Crippen molar-refractivity contribution in [1.82, 2.24) is 4.31 Å². The van der Waals surface area contributed by atoms with E-state index in [2.05, 4.69) is 20.8 Å². The van der Waals surface area contributed by atoms with Crippen LogP contribution in [-0.4, -0.2) is 38.4 Å². The van der Waals surface area contributed by atoms with Crippen LogP contribution in [0.25, 0.3) is 0 Å². The third-order valence-corrected chi connectivity index (χ3v) is 5.30. The van der Waals surface area contributed by atoms with Gasteiger partial charge in [-0.2, -0.15) is 4.31 Å². The summed E-state index contributed by atoms with van der Waals surface area (Å²) < 4.78 is 31.5. The Bertz CT molecular complexity index is 615. The van der Waals surface area contributed by atoms with Gasteiger partial charge in [-0.3, -0.25) is 4.79 Å². The second kappa shape index (κ2) is 7.93. The Morgan fingerprint density at radius 2 is 1.70 bits per heavy atom. The molecule has 130 valence electrons. The third kappa shape index (κ3) is 5.32. The molecule has 0 radical (unpaired) electrons. The van der Waals surface area contributed by atoms with E-state index in [1.165, 1.54) is 4.31 Å². The molecule has 0 amide bonds. The Labute approximate surface area is 139 Å². The molecule has 0 N–H and O–H groups in total. The normalized spacial score (nSPS) is 12.4. The molecule has 0 atom stereocenters. The standard InChI is InChI=1S/C17H27NO4S/c1-6-12-18(13-16(19)22-7-2)23(20,21)15-10-8-14(9-11-15)17(3,4)5/h8-11H,6-7,12-13H2,1-5H3. The van der Waals surface area contributed by atoms with Gasteiger partial charge in [0.15, 0.2) is 0 Å². The molecule has 0 saturated heterocycles. The van der Waals surface area contributed by atoms with Crippen molar-refractivity contribution >= 4 is 16.0 Å². The van der Waals surface area contributed by atoms with Gasteiger partial charge in [0.05, 0.1) is 11.5 Å². The fraction of sp³-hybridized carbons (Fsp3) is 0.588. The smallest absolute Gasteiger partial charge is 0.321 e. The summed E-state index contributed by atoms with van der Waals surface area (Å²) in [5, 5.41) is 0. The molecule has 0 heterocycles. The molecule has 0 spiro atoms. The Balaban J connectivity index is 3.07. The lowest BCUT2D eigenvalue weighted by Gasteiger charge is -2.22. The van der Waals surface area contributed by atoms with E-state index in [1.54, 1.807) is 19.1 Å². The Kier molecular flexibility index (Phi) is 6.77. The third-order valence-electron chi connectivity index (χ3n) is 3.44. The van der Waals surface area contributed by atoms with Crippen molar-refractivity contribution in [3.8, 4) is 0 Å². The van der Waals surface area contributed by atoms with Crippen molar-refractivity contribution < 1.29 is 17.9 Å².